The van der Waals surface area contributed by atoms with Crippen LogP contribution in [0.4, 0.5) is 17.6 Å². The summed E-state index contributed by atoms with van der Waals surface area (Å²) in [5.74, 6) is -4.49. The van der Waals surface area contributed by atoms with E-state index in [-0.39, 0.29) is 44.5 Å². The van der Waals surface area contributed by atoms with E-state index in [1.807, 2.05) is 0 Å². The van der Waals surface area contributed by atoms with Gasteiger partial charge in [0.05, 0.1) is 25.5 Å². The van der Waals surface area contributed by atoms with Gasteiger partial charge in [-0.15, -0.1) is 0 Å². The zero-order valence-corrected chi connectivity index (χ0v) is 26.1. The Hall–Kier alpha value is -3.71. The largest absolute Gasteiger partial charge is 0.476 e. The molecule has 0 saturated carbocycles. The first-order valence-electron chi connectivity index (χ1n) is 13.6. The van der Waals surface area contributed by atoms with Gasteiger partial charge < -0.3 is 0 Å². The monoisotopic (exact) mass is 693 g/mol. The van der Waals surface area contributed by atoms with Crippen molar-refractivity contribution in [2.45, 2.75) is 38.2 Å². The normalized spacial score (nSPS) is 17.5. The van der Waals surface area contributed by atoms with Crippen LogP contribution in [0.5, 0.6) is 0 Å². The maximum atomic E-state index is 16.1. The van der Waals surface area contributed by atoms with Crippen LogP contribution >= 0.6 is 31.0 Å². The van der Waals surface area contributed by atoms with Crippen molar-refractivity contribution in [3.63, 3.8) is 0 Å². The van der Waals surface area contributed by atoms with Gasteiger partial charge in [0, 0.05) is 50.5 Å². The predicted molar refractivity (Wildman–Crippen MR) is 159 cm³/mol. The Morgan fingerprint density at radius 2 is 1.54 bits per heavy atom. The van der Waals surface area contributed by atoms with Gasteiger partial charge in [-0.1, -0.05) is 42.3 Å². The number of nitrogens with zero attached hydrogens (tertiary/aromatic N) is 5. The number of rotatable bonds is 10. The Labute approximate surface area is 269 Å². The molecular formula is C30H22Cl2F4N5O4P. The first-order chi connectivity index (χ1) is 22.0. The fourth-order valence-electron chi connectivity index (χ4n) is 5.39. The maximum Gasteiger partial charge on any atom is 0.476 e. The van der Waals surface area contributed by atoms with E-state index in [0.29, 0.717) is 11.6 Å². The number of fused-ring (bicyclic) bond motifs is 3. The van der Waals surface area contributed by atoms with E-state index in [1.54, 1.807) is 6.92 Å². The van der Waals surface area contributed by atoms with Crippen LogP contribution < -0.4 is 0 Å². The van der Waals surface area contributed by atoms with Gasteiger partial charge >= 0.3 is 7.82 Å². The summed E-state index contributed by atoms with van der Waals surface area (Å²) in [5, 5.41) is 4.02. The van der Waals surface area contributed by atoms with Gasteiger partial charge in [-0.25, -0.2) is 41.8 Å². The molecule has 46 heavy (non-hydrogen) atoms. The van der Waals surface area contributed by atoms with E-state index < -0.39 is 55.8 Å². The Balaban J connectivity index is 1.52. The molecule has 0 N–H and O–H groups in total. The molecule has 2 aromatic heterocycles. The molecule has 238 valence electrons. The maximum absolute atomic E-state index is 16.1. The first-order valence-corrected chi connectivity index (χ1v) is 15.8. The number of halogens is 6. The minimum atomic E-state index is -5.03. The van der Waals surface area contributed by atoms with Crippen LogP contribution in [0.25, 0.3) is 11.1 Å². The minimum Gasteiger partial charge on any atom is -0.282 e. The summed E-state index contributed by atoms with van der Waals surface area (Å²) in [6.45, 7) is -0.233. The SMILES string of the molecule is C[C@H]1c2ncncc2-c2cc(F)cc(F)c2[C@]1(Cn1cncn1)OP(=O)(OCc1c(F)cccc1Cl)OCc1c(F)cccc1Cl. The van der Waals surface area contributed by atoms with Crippen molar-refractivity contribution < 1.29 is 35.7 Å². The molecule has 0 saturated heterocycles. The number of phosphoric ester groups is 1. The quantitative estimate of drug-likeness (QED) is 0.107. The molecule has 9 nitrogen and oxygen atoms in total. The van der Waals surface area contributed by atoms with Crippen LogP contribution in [0, 0.1) is 23.3 Å². The lowest BCUT2D eigenvalue weighted by Crippen LogP contribution is -2.43. The number of phosphoric acid groups is 1. The van der Waals surface area contributed by atoms with Gasteiger partial charge in [-0.3, -0.25) is 13.6 Å². The van der Waals surface area contributed by atoms with Crippen LogP contribution in [0.2, 0.25) is 10.0 Å². The van der Waals surface area contributed by atoms with Gasteiger partial charge in [0.1, 0.15) is 47.9 Å². The van der Waals surface area contributed by atoms with Crippen LogP contribution in [0.1, 0.15) is 35.2 Å². The summed E-state index contributed by atoms with van der Waals surface area (Å²) < 4.78 is 94.1. The van der Waals surface area contributed by atoms with E-state index in [9.17, 15) is 17.7 Å². The molecule has 5 aromatic rings. The van der Waals surface area contributed by atoms with Crippen LogP contribution in [-0.4, -0.2) is 24.7 Å². The molecule has 2 atom stereocenters. The lowest BCUT2D eigenvalue weighted by Gasteiger charge is -2.44. The molecule has 0 amide bonds. The lowest BCUT2D eigenvalue weighted by molar-refractivity contribution is -0.0331. The Morgan fingerprint density at radius 3 is 2.13 bits per heavy atom. The van der Waals surface area contributed by atoms with E-state index in [0.717, 1.165) is 18.2 Å². The zero-order chi connectivity index (χ0) is 32.6. The second kappa shape index (κ2) is 12.8. The van der Waals surface area contributed by atoms with Crippen LogP contribution in [0.3, 0.4) is 0 Å². The minimum absolute atomic E-state index is 0.00663. The highest BCUT2D eigenvalue weighted by Crippen LogP contribution is 2.63. The summed E-state index contributed by atoms with van der Waals surface area (Å²) in [7, 11) is -5.03. The van der Waals surface area contributed by atoms with Crippen LogP contribution in [0.15, 0.2) is 73.7 Å². The first kappa shape index (κ1) is 32.2. The fourth-order valence-corrected chi connectivity index (χ4v) is 7.28. The van der Waals surface area contributed by atoms with Gasteiger partial charge in [0.2, 0.25) is 0 Å². The number of hydrogen-bond donors (Lipinski definition) is 0. The molecule has 0 radical (unpaired) electrons. The molecule has 0 fully saturated rings. The van der Waals surface area contributed by atoms with E-state index >= 15 is 4.39 Å². The van der Waals surface area contributed by atoms with Crippen molar-refractivity contribution in [3.8, 4) is 11.1 Å². The highest BCUT2D eigenvalue weighted by molar-refractivity contribution is 7.48. The second-order valence-electron chi connectivity index (χ2n) is 10.3. The zero-order valence-electron chi connectivity index (χ0n) is 23.7. The van der Waals surface area contributed by atoms with Crippen molar-refractivity contribution in [3.05, 3.63) is 129 Å². The van der Waals surface area contributed by atoms with Crippen molar-refractivity contribution in [1.29, 1.82) is 0 Å². The average Bonchev–Trinajstić information content (AvgIpc) is 3.52. The third kappa shape index (κ3) is 6.06. The molecule has 0 spiro atoms. The summed E-state index contributed by atoms with van der Waals surface area (Å²) in [6, 6.07) is 9.45. The molecule has 0 aliphatic heterocycles. The summed E-state index contributed by atoms with van der Waals surface area (Å²) in [4.78, 5) is 12.3. The lowest BCUT2D eigenvalue weighted by atomic mass is 9.71. The molecule has 0 unspecified atom stereocenters. The van der Waals surface area contributed by atoms with Gasteiger partial charge in [0.15, 0.2) is 0 Å². The van der Waals surface area contributed by atoms with Crippen LogP contribution in [-0.2, 0) is 43.5 Å². The number of aromatic nitrogens is 5. The van der Waals surface area contributed by atoms with Gasteiger partial charge in [0.25, 0.3) is 0 Å². The number of hydrogen-bond acceptors (Lipinski definition) is 8. The molecule has 16 heteroatoms. The van der Waals surface area contributed by atoms with E-state index in [4.69, 9.17) is 36.8 Å². The van der Waals surface area contributed by atoms with E-state index in [1.165, 1.54) is 54.1 Å². The molecule has 1 aliphatic rings. The standard InChI is InChI=1S/C30H22Cl2F4N5O4P/c1-17-29-20(10-37-14-39-29)19-8-18(33)9-27(36)28(19)30(17,13-41-16-38-15-40-41)45-46(42,43-11-21-23(31)4-2-6-25(21)34)44-12-22-24(32)5-3-7-26(22)35/h2-10,14-17H,11-13H2,1H3/t17-,30+/m0/s1. The molecule has 6 rings (SSSR count). The Morgan fingerprint density at radius 1 is 0.891 bits per heavy atom. The third-order valence-corrected chi connectivity index (χ3v) is 9.76. The van der Waals surface area contributed by atoms with Gasteiger partial charge in [-0.05, 0) is 35.9 Å². The number of benzene rings is 3. The summed E-state index contributed by atoms with van der Waals surface area (Å²) in [5.41, 5.74) is -2.08. The van der Waals surface area contributed by atoms with E-state index in [2.05, 4.69) is 20.1 Å². The highest BCUT2D eigenvalue weighted by Gasteiger charge is 2.54. The smallest absolute Gasteiger partial charge is 0.282 e. The molecular weight excluding hydrogens is 672 g/mol. The topological polar surface area (TPSA) is 101 Å². The third-order valence-electron chi connectivity index (χ3n) is 7.62. The Kier molecular flexibility index (Phi) is 8.99. The molecule has 2 heterocycles. The fraction of sp³-hybridized carbons (Fsp3) is 0.200. The van der Waals surface area contributed by atoms with Crippen molar-refractivity contribution in [2.75, 3.05) is 0 Å². The predicted octanol–water partition coefficient (Wildman–Crippen LogP) is 8.17. The van der Waals surface area contributed by atoms with Gasteiger partial charge in [-0.2, -0.15) is 5.10 Å². The summed E-state index contributed by atoms with van der Waals surface area (Å²) >= 11 is 12.4. The van der Waals surface area contributed by atoms with Crippen molar-refractivity contribution in [1.82, 2.24) is 24.7 Å². The second-order valence-corrected chi connectivity index (χ2v) is 12.7. The highest BCUT2D eigenvalue weighted by atomic mass is 35.5. The summed E-state index contributed by atoms with van der Waals surface area (Å²) in [6.07, 6.45) is 5.15. The van der Waals surface area contributed by atoms with Crippen molar-refractivity contribution in [2.24, 2.45) is 0 Å². The molecule has 3 aromatic carbocycles. The van der Waals surface area contributed by atoms with Crippen molar-refractivity contribution >= 4 is 31.0 Å². The Bertz CT molecular complexity index is 1870. The molecule has 1 aliphatic carbocycles. The molecule has 0 bridgehead atoms. The average molecular weight is 694 g/mol.